The molecule has 4 heteroatoms. The van der Waals surface area contributed by atoms with Crippen LogP contribution in [0.1, 0.15) is 24.8 Å². The predicted molar refractivity (Wildman–Crippen MR) is 63.6 cm³/mol. The summed E-state index contributed by atoms with van der Waals surface area (Å²) in [7, 11) is 0. The monoisotopic (exact) mass is 222 g/mol. The zero-order valence-electron chi connectivity index (χ0n) is 9.28. The molecule has 0 aliphatic heterocycles. The molecule has 0 amide bonds. The quantitative estimate of drug-likeness (QED) is 0.373. The molecule has 4 N–H and O–H groups in total. The van der Waals surface area contributed by atoms with Crippen LogP contribution in [-0.4, -0.2) is 17.5 Å². The number of nitrogens with one attached hydrogen (secondary N) is 1. The summed E-state index contributed by atoms with van der Waals surface area (Å²) in [5.74, 6) is 0.948. The number of unbranched alkanes of at least 4 members (excludes halogenated alkanes) is 1. The average molecular weight is 222 g/mol. The second kappa shape index (κ2) is 6.85. The standard InChI is InChI=1S/C12H18N2O2/c13-12(14)7-3-4-8-16-11-6-2-1-5-10(11)9-15/h1-2,5-6,15H,3-4,7-9H2,(H3,13,14). The highest BCUT2D eigenvalue weighted by atomic mass is 16.5. The van der Waals surface area contributed by atoms with Crippen molar-refractivity contribution >= 4 is 5.84 Å². The lowest BCUT2D eigenvalue weighted by molar-refractivity contribution is 0.260. The number of para-hydroxylation sites is 1. The number of amidine groups is 1. The molecule has 1 aromatic rings. The van der Waals surface area contributed by atoms with Gasteiger partial charge in [0.25, 0.3) is 0 Å². The molecule has 88 valence electrons. The Morgan fingerprint density at radius 3 is 2.75 bits per heavy atom. The Kier molecular flexibility index (Phi) is 5.36. The molecular formula is C12H18N2O2. The van der Waals surface area contributed by atoms with Gasteiger partial charge < -0.3 is 15.6 Å². The Balaban J connectivity index is 2.28. The fourth-order valence-electron chi connectivity index (χ4n) is 1.37. The van der Waals surface area contributed by atoms with Crippen LogP contribution in [0.4, 0.5) is 0 Å². The number of hydrogen-bond acceptors (Lipinski definition) is 3. The van der Waals surface area contributed by atoms with Crippen molar-refractivity contribution in [3.05, 3.63) is 29.8 Å². The van der Waals surface area contributed by atoms with Crippen molar-refractivity contribution < 1.29 is 9.84 Å². The van der Waals surface area contributed by atoms with Gasteiger partial charge in [0.2, 0.25) is 0 Å². The number of ether oxygens (including phenoxy) is 1. The molecule has 0 unspecified atom stereocenters. The molecule has 0 aromatic heterocycles. The molecule has 0 radical (unpaired) electrons. The average Bonchev–Trinajstić information content (AvgIpc) is 2.29. The second-order valence-electron chi connectivity index (χ2n) is 3.60. The third-order valence-electron chi connectivity index (χ3n) is 2.24. The van der Waals surface area contributed by atoms with Crippen LogP contribution in [0.15, 0.2) is 24.3 Å². The number of aliphatic hydroxyl groups excluding tert-OH is 1. The van der Waals surface area contributed by atoms with Crippen LogP contribution in [0.2, 0.25) is 0 Å². The summed E-state index contributed by atoms with van der Waals surface area (Å²) in [5.41, 5.74) is 6.04. The largest absolute Gasteiger partial charge is 0.493 e. The molecule has 1 rings (SSSR count). The van der Waals surface area contributed by atoms with Gasteiger partial charge in [0.05, 0.1) is 19.0 Å². The van der Waals surface area contributed by atoms with E-state index in [0.717, 1.165) is 24.2 Å². The van der Waals surface area contributed by atoms with Gasteiger partial charge >= 0.3 is 0 Å². The van der Waals surface area contributed by atoms with Crippen molar-refractivity contribution in [2.45, 2.75) is 25.9 Å². The first-order valence-electron chi connectivity index (χ1n) is 5.38. The highest BCUT2D eigenvalue weighted by Gasteiger charge is 2.00. The van der Waals surface area contributed by atoms with E-state index in [-0.39, 0.29) is 12.4 Å². The lowest BCUT2D eigenvalue weighted by atomic mass is 10.2. The van der Waals surface area contributed by atoms with E-state index in [2.05, 4.69) is 0 Å². The molecule has 0 saturated carbocycles. The summed E-state index contributed by atoms with van der Waals surface area (Å²) in [5, 5.41) is 16.1. The van der Waals surface area contributed by atoms with Gasteiger partial charge in [0, 0.05) is 12.0 Å². The zero-order valence-corrected chi connectivity index (χ0v) is 9.28. The first-order chi connectivity index (χ1) is 7.74. The Morgan fingerprint density at radius 2 is 2.06 bits per heavy atom. The van der Waals surface area contributed by atoms with E-state index in [1.165, 1.54) is 0 Å². The lowest BCUT2D eigenvalue weighted by Gasteiger charge is -2.09. The molecule has 1 aromatic carbocycles. The zero-order chi connectivity index (χ0) is 11.8. The smallest absolute Gasteiger partial charge is 0.124 e. The maximum Gasteiger partial charge on any atom is 0.124 e. The van der Waals surface area contributed by atoms with Crippen LogP contribution in [0.5, 0.6) is 5.75 Å². The summed E-state index contributed by atoms with van der Waals surface area (Å²) >= 11 is 0. The summed E-state index contributed by atoms with van der Waals surface area (Å²) in [6.45, 7) is 0.577. The minimum Gasteiger partial charge on any atom is -0.493 e. The van der Waals surface area contributed by atoms with Crippen LogP contribution >= 0.6 is 0 Å². The minimum absolute atomic E-state index is 0.0103. The number of hydrogen-bond donors (Lipinski definition) is 3. The van der Waals surface area contributed by atoms with E-state index in [4.69, 9.17) is 21.0 Å². The van der Waals surface area contributed by atoms with Gasteiger partial charge in [-0.05, 0) is 18.9 Å². The highest BCUT2D eigenvalue weighted by molar-refractivity contribution is 5.76. The van der Waals surface area contributed by atoms with E-state index in [1.807, 2.05) is 24.3 Å². The Hall–Kier alpha value is -1.55. The first-order valence-corrected chi connectivity index (χ1v) is 5.38. The van der Waals surface area contributed by atoms with E-state index in [1.54, 1.807) is 0 Å². The highest BCUT2D eigenvalue weighted by Crippen LogP contribution is 2.17. The van der Waals surface area contributed by atoms with Crippen LogP contribution < -0.4 is 10.5 Å². The maximum absolute atomic E-state index is 9.07. The number of nitrogens with two attached hydrogens (primary N) is 1. The molecular weight excluding hydrogens is 204 g/mol. The lowest BCUT2D eigenvalue weighted by Crippen LogP contribution is -2.09. The molecule has 0 aliphatic rings. The molecule has 4 nitrogen and oxygen atoms in total. The van der Waals surface area contributed by atoms with Gasteiger partial charge in [-0.2, -0.15) is 0 Å². The fraction of sp³-hybridized carbons (Fsp3) is 0.417. The van der Waals surface area contributed by atoms with E-state index in [9.17, 15) is 0 Å². The number of aliphatic hydroxyl groups is 1. The number of rotatable bonds is 7. The van der Waals surface area contributed by atoms with E-state index < -0.39 is 0 Å². The minimum atomic E-state index is -0.0103. The van der Waals surface area contributed by atoms with E-state index >= 15 is 0 Å². The van der Waals surface area contributed by atoms with Crippen LogP contribution in [0.3, 0.4) is 0 Å². The SMILES string of the molecule is N=C(N)CCCCOc1ccccc1CO. The van der Waals surface area contributed by atoms with Crippen LogP contribution in [-0.2, 0) is 6.61 Å². The van der Waals surface area contributed by atoms with Gasteiger partial charge in [-0.15, -0.1) is 0 Å². The van der Waals surface area contributed by atoms with Crippen molar-refractivity contribution in [1.29, 1.82) is 5.41 Å². The third kappa shape index (κ3) is 4.31. The van der Waals surface area contributed by atoms with Crippen LogP contribution in [0, 0.1) is 5.41 Å². The van der Waals surface area contributed by atoms with Crippen molar-refractivity contribution in [2.24, 2.45) is 5.73 Å². The molecule has 0 saturated heterocycles. The van der Waals surface area contributed by atoms with Crippen LogP contribution in [0.25, 0.3) is 0 Å². The molecule has 0 aliphatic carbocycles. The van der Waals surface area contributed by atoms with Gasteiger partial charge in [-0.1, -0.05) is 18.2 Å². The predicted octanol–water partition coefficient (Wildman–Crippen LogP) is 1.66. The summed E-state index contributed by atoms with van der Waals surface area (Å²) in [6, 6.07) is 7.43. The molecule has 0 heterocycles. The van der Waals surface area contributed by atoms with E-state index in [0.29, 0.717) is 13.0 Å². The van der Waals surface area contributed by atoms with Gasteiger partial charge in [-0.3, -0.25) is 5.41 Å². The van der Waals surface area contributed by atoms with Crippen molar-refractivity contribution in [1.82, 2.24) is 0 Å². The molecule has 0 fully saturated rings. The summed E-state index contributed by atoms with van der Waals surface area (Å²) in [6.07, 6.45) is 2.33. The molecule has 16 heavy (non-hydrogen) atoms. The molecule has 0 spiro atoms. The number of benzene rings is 1. The molecule has 0 atom stereocenters. The Morgan fingerprint density at radius 1 is 1.31 bits per heavy atom. The topological polar surface area (TPSA) is 79.3 Å². The Labute approximate surface area is 95.6 Å². The van der Waals surface area contributed by atoms with Gasteiger partial charge in [-0.25, -0.2) is 0 Å². The van der Waals surface area contributed by atoms with Crippen molar-refractivity contribution in [3.8, 4) is 5.75 Å². The maximum atomic E-state index is 9.07. The Bertz CT molecular complexity index is 340. The normalized spacial score (nSPS) is 10.1. The first kappa shape index (κ1) is 12.5. The summed E-state index contributed by atoms with van der Waals surface area (Å²) in [4.78, 5) is 0. The van der Waals surface area contributed by atoms with Gasteiger partial charge in [0.15, 0.2) is 0 Å². The van der Waals surface area contributed by atoms with Crippen molar-refractivity contribution in [2.75, 3.05) is 6.61 Å². The van der Waals surface area contributed by atoms with Gasteiger partial charge in [0.1, 0.15) is 5.75 Å². The second-order valence-corrected chi connectivity index (χ2v) is 3.60. The summed E-state index contributed by atoms with van der Waals surface area (Å²) < 4.78 is 5.54. The fourth-order valence-corrected chi connectivity index (χ4v) is 1.37. The third-order valence-corrected chi connectivity index (χ3v) is 2.24. The molecule has 0 bridgehead atoms. The van der Waals surface area contributed by atoms with Crippen molar-refractivity contribution in [3.63, 3.8) is 0 Å².